The Morgan fingerprint density at radius 3 is 2.50 bits per heavy atom. The molecule has 1 atom stereocenters. The first-order valence-electron chi connectivity index (χ1n) is 5.53. The summed E-state index contributed by atoms with van der Waals surface area (Å²) in [6.07, 6.45) is 2.26. The van der Waals surface area contributed by atoms with Crippen LogP contribution in [0.3, 0.4) is 0 Å². The maximum Gasteiger partial charge on any atom is 0.316 e. The summed E-state index contributed by atoms with van der Waals surface area (Å²) in [7, 11) is 1.28. The normalized spacial score (nSPS) is 25.4. The van der Waals surface area contributed by atoms with E-state index in [0.717, 1.165) is 12.8 Å². The van der Waals surface area contributed by atoms with Crippen LogP contribution in [0.1, 0.15) is 19.3 Å². The van der Waals surface area contributed by atoms with Crippen LogP contribution in [0.2, 0.25) is 0 Å². The molecule has 0 N–H and O–H groups in total. The highest BCUT2D eigenvalue weighted by molar-refractivity contribution is 6.02. The van der Waals surface area contributed by atoms with Crippen molar-refractivity contribution in [3.05, 3.63) is 0 Å². The van der Waals surface area contributed by atoms with E-state index in [0.29, 0.717) is 13.0 Å². The van der Waals surface area contributed by atoms with Crippen LogP contribution in [0, 0.1) is 11.8 Å². The Morgan fingerprint density at radius 2 is 2.00 bits per heavy atom. The van der Waals surface area contributed by atoms with Crippen molar-refractivity contribution < 1.29 is 19.1 Å². The van der Waals surface area contributed by atoms with E-state index < -0.39 is 11.9 Å². The molecule has 0 aromatic rings. The smallest absolute Gasteiger partial charge is 0.316 e. The predicted octanol–water partition coefficient (Wildman–Crippen LogP) is -0.0130. The number of Topliss-reactive ketones (excluding diaryl/α,β-unsaturated/α-hetero) is 1. The van der Waals surface area contributed by atoms with Crippen molar-refractivity contribution in [1.29, 1.82) is 0 Å². The molecule has 1 unspecified atom stereocenters. The van der Waals surface area contributed by atoms with Gasteiger partial charge in [0, 0.05) is 12.5 Å². The van der Waals surface area contributed by atoms with Gasteiger partial charge in [-0.3, -0.25) is 14.4 Å². The van der Waals surface area contributed by atoms with Gasteiger partial charge in [0.2, 0.25) is 5.91 Å². The summed E-state index contributed by atoms with van der Waals surface area (Å²) in [5.41, 5.74) is 0. The second-order valence-corrected chi connectivity index (χ2v) is 4.36. The fourth-order valence-electron chi connectivity index (χ4n) is 1.99. The van der Waals surface area contributed by atoms with Gasteiger partial charge in [-0.25, -0.2) is 0 Å². The Hall–Kier alpha value is -1.39. The first kappa shape index (κ1) is 11.1. The zero-order valence-electron chi connectivity index (χ0n) is 9.27. The minimum Gasteiger partial charge on any atom is -0.468 e. The van der Waals surface area contributed by atoms with Crippen molar-refractivity contribution in [1.82, 2.24) is 4.90 Å². The molecule has 1 heterocycles. The molecule has 1 aliphatic carbocycles. The number of esters is 1. The molecule has 1 saturated carbocycles. The molecule has 0 spiro atoms. The summed E-state index contributed by atoms with van der Waals surface area (Å²) in [4.78, 5) is 36.2. The third kappa shape index (κ3) is 2.08. The maximum absolute atomic E-state index is 11.7. The molecule has 0 aromatic heterocycles. The molecular weight excluding hydrogens is 210 g/mol. The van der Waals surface area contributed by atoms with E-state index >= 15 is 0 Å². The summed E-state index contributed by atoms with van der Waals surface area (Å²) in [6.45, 7) is 0.552. The molecule has 1 aliphatic heterocycles. The van der Waals surface area contributed by atoms with Crippen LogP contribution in [0.15, 0.2) is 0 Å². The van der Waals surface area contributed by atoms with Crippen LogP contribution < -0.4 is 0 Å². The number of carbonyl (C=O) groups is 3. The Balaban J connectivity index is 1.94. The Morgan fingerprint density at radius 1 is 1.31 bits per heavy atom. The van der Waals surface area contributed by atoms with E-state index in [1.54, 1.807) is 4.90 Å². The first-order chi connectivity index (χ1) is 7.63. The lowest BCUT2D eigenvalue weighted by molar-refractivity contribution is -0.154. The monoisotopic (exact) mass is 225 g/mol. The third-order valence-electron chi connectivity index (χ3n) is 3.15. The predicted molar refractivity (Wildman–Crippen MR) is 54.4 cm³/mol. The molecule has 1 saturated heterocycles. The van der Waals surface area contributed by atoms with Gasteiger partial charge in [0.05, 0.1) is 13.7 Å². The van der Waals surface area contributed by atoms with Gasteiger partial charge in [0.1, 0.15) is 5.92 Å². The SMILES string of the molecule is COC(=O)C1CCN(C(=O)C2CC2)CC1=O. The molecule has 2 fully saturated rings. The van der Waals surface area contributed by atoms with Crippen molar-refractivity contribution in [2.24, 2.45) is 11.8 Å². The summed E-state index contributed by atoms with van der Waals surface area (Å²) >= 11 is 0. The van der Waals surface area contributed by atoms with Crippen molar-refractivity contribution in [2.75, 3.05) is 20.2 Å². The van der Waals surface area contributed by atoms with Crippen molar-refractivity contribution in [2.45, 2.75) is 19.3 Å². The van der Waals surface area contributed by atoms with Gasteiger partial charge in [0.25, 0.3) is 0 Å². The lowest BCUT2D eigenvalue weighted by Crippen LogP contribution is -2.47. The van der Waals surface area contributed by atoms with E-state index in [-0.39, 0.29) is 24.2 Å². The quantitative estimate of drug-likeness (QED) is 0.489. The van der Waals surface area contributed by atoms with Gasteiger partial charge < -0.3 is 9.64 Å². The van der Waals surface area contributed by atoms with Gasteiger partial charge in [0.15, 0.2) is 5.78 Å². The number of likely N-dealkylation sites (tertiary alicyclic amines) is 1. The standard InChI is InChI=1S/C11H15NO4/c1-16-11(15)8-4-5-12(6-9(8)13)10(14)7-2-3-7/h7-8H,2-6H2,1H3. The average Bonchev–Trinajstić information content (AvgIpc) is 3.10. The minimum atomic E-state index is -0.673. The molecule has 16 heavy (non-hydrogen) atoms. The molecule has 5 heteroatoms. The van der Waals surface area contributed by atoms with Gasteiger partial charge in [-0.05, 0) is 19.3 Å². The number of amides is 1. The minimum absolute atomic E-state index is 0.0646. The third-order valence-corrected chi connectivity index (χ3v) is 3.15. The van der Waals surface area contributed by atoms with E-state index in [4.69, 9.17) is 0 Å². The van der Waals surface area contributed by atoms with E-state index in [1.807, 2.05) is 0 Å². The lowest BCUT2D eigenvalue weighted by atomic mass is 9.95. The first-order valence-corrected chi connectivity index (χ1v) is 5.53. The molecule has 2 rings (SSSR count). The Labute approximate surface area is 93.7 Å². The van der Waals surface area contributed by atoms with Crippen LogP contribution in [-0.4, -0.2) is 42.8 Å². The zero-order chi connectivity index (χ0) is 11.7. The maximum atomic E-state index is 11.7. The molecule has 5 nitrogen and oxygen atoms in total. The topological polar surface area (TPSA) is 63.7 Å². The van der Waals surface area contributed by atoms with Crippen LogP contribution in [0.25, 0.3) is 0 Å². The summed E-state index contributed by atoms with van der Waals surface area (Å²) in [5.74, 6) is -1.16. The number of hydrogen-bond acceptors (Lipinski definition) is 4. The largest absolute Gasteiger partial charge is 0.468 e. The molecule has 0 aromatic carbocycles. The van der Waals surface area contributed by atoms with Crippen molar-refractivity contribution in [3.63, 3.8) is 0 Å². The van der Waals surface area contributed by atoms with Crippen LogP contribution in [0.5, 0.6) is 0 Å². The van der Waals surface area contributed by atoms with E-state index in [9.17, 15) is 14.4 Å². The fraction of sp³-hybridized carbons (Fsp3) is 0.727. The second-order valence-electron chi connectivity index (χ2n) is 4.36. The molecule has 0 bridgehead atoms. The summed E-state index contributed by atoms with van der Waals surface area (Å²) < 4.78 is 4.55. The Bertz CT molecular complexity index is 335. The van der Waals surface area contributed by atoms with Crippen molar-refractivity contribution in [3.8, 4) is 0 Å². The fourth-order valence-corrected chi connectivity index (χ4v) is 1.99. The van der Waals surface area contributed by atoms with Crippen LogP contribution in [0.4, 0.5) is 0 Å². The molecule has 88 valence electrons. The molecule has 1 amide bonds. The van der Waals surface area contributed by atoms with E-state index in [1.165, 1.54) is 7.11 Å². The molecule has 2 aliphatic rings. The summed E-state index contributed by atoms with van der Waals surface area (Å²) in [5, 5.41) is 0. The Kier molecular flexibility index (Phi) is 2.94. The average molecular weight is 225 g/mol. The van der Waals surface area contributed by atoms with Gasteiger partial charge >= 0.3 is 5.97 Å². The van der Waals surface area contributed by atoms with Crippen LogP contribution >= 0.6 is 0 Å². The highest BCUT2D eigenvalue weighted by Gasteiger charge is 2.39. The number of nitrogens with zero attached hydrogens (tertiary/aromatic N) is 1. The van der Waals surface area contributed by atoms with Gasteiger partial charge in [-0.2, -0.15) is 0 Å². The number of ether oxygens (including phenoxy) is 1. The van der Waals surface area contributed by atoms with Crippen molar-refractivity contribution >= 4 is 17.7 Å². The number of rotatable bonds is 2. The number of ketones is 1. The number of methoxy groups -OCH3 is 1. The summed E-state index contributed by atoms with van der Waals surface area (Å²) in [6, 6.07) is 0. The van der Waals surface area contributed by atoms with Gasteiger partial charge in [-0.1, -0.05) is 0 Å². The molecular formula is C11H15NO4. The highest BCUT2D eigenvalue weighted by atomic mass is 16.5. The van der Waals surface area contributed by atoms with E-state index in [2.05, 4.69) is 4.74 Å². The highest BCUT2D eigenvalue weighted by Crippen LogP contribution is 2.32. The van der Waals surface area contributed by atoms with Crippen LogP contribution in [-0.2, 0) is 19.1 Å². The zero-order valence-corrected chi connectivity index (χ0v) is 9.27. The second kappa shape index (κ2) is 4.23. The number of piperidine rings is 1. The lowest BCUT2D eigenvalue weighted by Gasteiger charge is -2.29. The number of carbonyl (C=O) groups excluding carboxylic acids is 3. The van der Waals surface area contributed by atoms with Gasteiger partial charge in [-0.15, -0.1) is 0 Å². The molecule has 0 radical (unpaired) electrons. The number of hydrogen-bond donors (Lipinski definition) is 0.